The van der Waals surface area contributed by atoms with Crippen LogP contribution >= 0.6 is 0 Å². The quantitative estimate of drug-likeness (QED) is 0.783. The summed E-state index contributed by atoms with van der Waals surface area (Å²) in [6.45, 7) is 6.42. The Bertz CT molecular complexity index is 203. The van der Waals surface area contributed by atoms with Gasteiger partial charge in [0.1, 0.15) is 6.10 Å². The average molecular weight is 228 g/mol. The second kappa shape index (κ2) is 5.48. The van der Waals surface area contributed by atoms with Crippen LogP contribution in [0, 0.1) is 17.8 Å². The molecule has 0 aromatic heterocycles. The van der Waals surface area contributed by atoms with Crippen molar-refractivity contribution in [2.24, 2.45) is 17.8 Å². The van der Waals surface area contributed by atoms with Crippen molar-refractivity contribution in [1.29, 1.82) is 0 Å². The summed E-state index contributed by atoms with van der Waals surface area (Å²) in [5.41, 5.74) is 0. The van der Waals surface area contributed by atoms with Crippen molar-refractivity contribution in [1.82, 2.24) is 0 Å². The normalized spacial score (nSPS) is 42.9. The van der Waals surface area contributed by atoms with Gasteiger partial charge in [-0.15, -0.1) is 0 Å². The highest BCUT2D eigenvalue weighted by molar-refractivity contribution is 4.84. The first kappa shape index (κ1) is 12.3. The van der Waals surface area contributed by atoms with E-state index < -0.39 is 0 Å². The smallest absolute Gasteiger partial charge is 0.107 e. The maximum Gasteiger partial charge on any atom is 0.107 e. The lowest BCUT2D eigenvalue weighted by atomic mass is 9.73. The molecule has 1 saturated heterocycles. The summed E-state index contributed by atoms with van der Waals surface area (Å²) in [4.78, 5) is 0. The van der Waals surface area contributed by atoms with Gasteiger partial charge in [-0.3, -0.25) is 0 Å². The Labute approximate surface area is 98.1 Å². The van der Waals surface area contributed by atoms with E-state index in [9.17, 15) is 5.11 Å². The SMILES string of the molecule is CC1CC(C)CC(C(O)C2COCCO2)C1. The highest BCUT2D eigenvalue weighted by Crippen LogP contribution is 2.36. The second-order valence-electron chi connectivity index (χ2n) is 5.65. The lowest BCUT2D eigenvalue weighted by Crippen LogP contribution is -2.44. The van der Waals surface area contributed by atoms with Crippen LogP contribution in [0.15, 0.2) is 0 Å². The first-order valence-electron chi connectivity index (χ1n) is 6.54. The van der Waals surface area contributed by atoms with Gasteiger partial charge in [0.25, 0.3) is 0 Å². The molecule has 0 aromatic rings. The molecule has 0 amide bonds. The summed E-state index contributed by atoms with van der Waals surface area (Å²) in [5.74, 6) is 1.85. The monoisotopic (exact) mass is 228 g/mol. The van der Waals surface area contributed by atoms with E-state index in [2.05, 4.69) is 13.8 Å². The average Bonchev–Trinajstić information content (AvgIpc) is 2.28. The fourth-order valence-electron chi connectivity index (χ4n) is 3.29. The molecule has 2 aliphatic rings. The molecule has 4 unspecified atom stereocenters. The molecule has 0 bridgehead atoms. The molecule has 1 saturated carbocycles. The number of rotatable bonds is 2. The Morgan fingerprint density at radius 1 is 1.06 bits per heavy atom. The number of aliphatic hydroxyl groups is 1. The van der Waals surface area contributed by atoms with Crippen LogP contribution in [0.25, 0.3) is 0 Å². The molecule has 0 aromatic carbocycles. The zero-order chi connectivity index (χ0) is 11.5. The topological polar surface area (TPSA) is 38.7 Å². The van der Waals surface area contributed by atoms with Crippen LogP contribution < -0.4 is 0 Å². The molecular formula is C13H24O3. The van der Waals surface area contributed by atoms with Gasteiger partial charge in [-0.05, 0) is 37.0 Å². The van der Waals surface area contributed by atoms with Gasteiger partial charge in [-0.2, -0.15) is 0 Å². The summed E-state index contributed by atoms with van der Waals surface area (Å²) in [6, 6.07) is 0. The van der Waals surface area contributed by atoms with Gasteiger partial charge in [0, 0.05) is 0 Å². The van der Waals surface area contributed by atoms with E-state index in [0.29, 0.717) is 25.7 Å². The van der Waals surface area contributed by atoms with Crippen molar-refractivity contribution in [2.45, 2.75) is 45.3 Å². The van der Waals surface area contributed by atoms with Crippen molar-refractivity contribution >= 4 is 0 Å². The molecule has 1 heterocycles. The van der Waals surface area contributed by atoms with Gasteiger partial charge in [0.15, 0.2) is 0 Å². The number of aliphatic hydroxyl groups excluding tert-OH is 1. The zero-order valence-electron chi connectivity index (χ0n) is 10.4. The van der Waals surface area contributed by atoms with Gasteiger partial charge < -0.3 is 14.6 Å². The molecular weight excluding hydrogens is 204 g/mol. The molecule has 1 aliphatic heterocycles. The Balaban J connectivity index is 1.89. The molecule has 16 heavy (non-hydrogen) atoms. The molecule has 1 N–H and O–H groups in total. The standard InChI is InChI=1S/C13H24O3/c1-9-5-10(2)7-11(6-9)13(14)12-8-15-3-4-16-12/h9-14H,3-8H2,1-2H3. The summed E-state index contributed by atoms with van der Waals surface area (Å²) in [5, 5.41) is 10.3. The lowest BCUT2D eigenvalue weighted by Gasteiger charge is -2.38. The number of hydrogen-bond acceptors (Lipinski definition) is 3. The van der Waals surface area contributed by atoms with Crippen LogP contribution in [0.1, 0.15) is 33.1 Å². The zero-order valence-corrected chi connectivity index (χ0v) is 10.4. The predicted octanol–water partition coefficient (Wildman–Crippen LogP) is 1.83. The van der Waals surface area contributed by atoms with Crippen molar-refractivity contribution < 1.29 is 14.6 Å². The van der Waals surface area contributed by atoms with E-state index in [-0.39, 0.29) is 12.2 Å². The molecule has 0 spiro atoms. The minimum absolute atomic E-state index is 0.101. The van der Waals surface area contributed by atoms with Crippen molar-refractivity contribution in [2.75, 3.05) is 19.8 Å². The van der Waals surface area contributed by atoms with E-state index >= 15 is 0 Å². The first-order valence-corrected chi connectivity index (χ1v) is 6.54. The van der Waals surface area contributed by atoms with Crippen molar-refractivity contribution in [3.63, 3.8) is 0 Å². The van der Waals surface area contributed by atoms with Gasteiger partial charge in [-0.25, -0.2) is 0 Å². The van der Waals surface area contributed by atoms with E-state index in [4.69, 9.17) is 9.47 Å². The molecule has 94 valence electrons. The van der Waals surface area contributed by atoms with Crippen LogP contribution in [-0.4, -0.2) is 37.1 Å². The lowest BCUT2D eigenvalue weighted by molar-refractivity contribution is -0.149. The van der Waals surface area contributed by atoms with E-state index in [1.807, 2.05) is 0 Å². The first-order chi connectivity index (χ1) is 7.66. The highest BCUT2D eigenvalue weighted by Gasteiger charge is 2.34. The third-order valence-corrected chi connectivity index (χ3v) is 3.92. The molecule has 4 atom stereocenters. The summed E-state index contributed by atoms with van der Waals surface area (Å²) >= 11 is 0. The molecule has 0 radical (unpaired) electrons. The summed E-state index contributed by atoms with van der Waals surface area (Å²) in [6.07, 6.45) is 3.11. The maximum absolute atomic E-state index is 10.3. The fourth-order valence-corrected chi connectivity index (χ4v) is 3.29. The Hall–Kier alpha value is -0.120. The number of ether oxygens (including phenoxy) is 2. The Morgan fingerprint density at radius 2 is 1.75 bits per heavy atom. The highest BCUT2D eigenvalue weighted by atomic mass is 16.6. The summed E-state index contributed by atoms with van der Waals surface area (Å²) < 4.78 is 11.0. The molecule has 2 rings (SSSR count). The van der Waals surface area contributed by atoms with E-state index in [1.54, 1.807) is 0 Å². The van der Waals surface area contributed by atoms with Crippen LogP contribution in [0.4, 0.5) is 0 Å². The molecule has 3 heteroatoms. The number of hydrogen-bond donors (Lipinski definition) is 1. The van der Waals surface area contributed by atoms with Gasteiger partial charge in [-0.1, -0.05) is 13.8 Å². The van der Waals surface area contributed by atoms with Gasteiger partial charge in [0.05, 0.1) is 25.9 Å². The minimum atomic E-state index is -0.342. The van der Waals surface area contributed by atoms with E-state index in [0.717, 1.165) is 24.7 Å². The van der Waals surface area contributed by atoms with Crippen molar-refractivity contribution in [3.05, 3.63) is 0 Å². The van der Waals surface area contributed by atoms with Crippen LogP contribution in [0.2, 0.25) is 0 Å². The molecule has 1 aliphatic carbocycles. The summed E-state index contributed by atoms with van der Waals surface area (Å²) in [7, 11) is 0. The minimum Gasteiger partial charge on any atom is -0.390 e. The largest absolute Gasteiger partial charge is 0.390 e. The fraction of sp³-hybridized carbons (Fsp3) is 1.00. The predicted molar refractivity (Wildman–Crippen MR) is 62.2 cm³/mol. The molecule has 3 nitrogen and oxygen atoms in total. The van der Waals surface area contributed by atoms with Crippen LogP contribution in [0.3, 0.4) is 0 Å². The third kappa shape index (κ3) is 2.96. The van der Waals surface area contributed by atoms with Crippen LogP contribution in [-0.2, 0) is 9.47 Å². The van der Waals surface area contributed by atoms with Crippen molar-refractivity contribution in [3.8, 4) is 0 Å². The Kier molecular flexibility index (Phi) is 4.22. The van der Waals surface area contributed by atoms with Crippen LogP contribution in [0.5, 0.6) is 0 Å². The van der Waals surface area contributed by atoms with Gasteiger partial charge >= 0.3 is 0 Å². The second-order valence-corrected chi connectivity index (χ2v) is 5.65. The Morgan fingerprint density at radius 3 is 2.31 bits per heavy atom. The third-order valence-electron chi connectivity index (χ3n) is 3.92. The maximum atomic E-state index is 10.3. The van der Waals surface area contributed by atoms with Gasteiger partial charge in [0.2, 0.25) is 0 Å². The molecule has 2 fully saturated rings. The van der Waals surface area contributed by atoms with E-state index in [1.165, 1.54) is 6.42 Å².